The van der Waals surface area contributed by atoms with E-state index in [2.05, 4.69) is 5.32 Å². The number of methoxy groups -OCH3 is 1. The van der Waals surface area contributed by atoms with Crippen molar-refractivity contribution < 1.29 is 24.2 Å². The van der Waals surface area contributed by atoms with Gasteiger partial charge in [-0.1, -0.05) is 42.5 Å². The Hall–Kier alpha value is -2.97. The Balaban J connectivity index is 2.16. The number of hydrogen-bond donors (Lipinski definition) is 2. The van der Waals surface area contributed by atoms with E-state index >= 15 is 0 Å². The van der Waals surface area contributed by atoms with Gasteiger partial charge in [0.1, 0.15) is 11.7 Å². The first-order valence-corrected chi connectivity index (χ1v) is 9.92. The topological polar surface area (TPSA) is 88.1 Å². The third kappa shape index (κ3) is 3.76. The fraction of sp³-hybridized carbons (Fsp3) is 0.318. The molecule has 1 saturated heterocycles. The minimum atomic E-state index is -2.28. The van der Waals surface area contributed by atoms with Crippen molar-refractivity contribution in [3.8, 4) is 5.75 Å². The van der Waals surface area contributed by atoms with Gasteiger partial charge in [0, 0.05) is 12.6 Å². The highest BCUT2D eigenvalue weighted by atomic mass is 32.1. The maximum Gasteiger partial charge on any atom is 0.360 e. The van der Waals surface area contributed by atoms with E-state index < -0.39 is 29.4 Å². The monoisotopic (exact) mass is 428 g/mol. The van der Waals surface area contributed by atoms with Crippen molar-refractivity contribution in [2.24, 2.45) is 5.92 Å². The van der Waals surface area contributed by atoms with E-state index in [9.17, 15) is 14.7 Å². The van der Waals surface area contributed by atoms with Crippen LogP contribution in [0.3, 0.4) is 0 Å². The lowest BCUT2D eigenvalue weighted by atomic mass is 9.77. The van der Waals surface area contributed by atoms with E-state index in [0.29, 0.717) is 16.9 Å². The van der Waals surface area contributed by atoms with E-state index in [1.54, 1.807) is 68.6 Å². The van der Waals surface area contributed by atoms with Crippen molar-refractivity contribution in [3.05, 3.63) is 65.7 Å². The molecule has 0 saturated carbocycles. The highest BCUT2D eigenvalue weighted by Crippen LogP contribution is 2.40. The predicted octanol–water partition coefficient (Wildman–Crippen LogP) is 2.31. The van der Waals surface area contributed by atoms with Crippen molar-refractivity contribution in [2.45, 2.75) is 18.7 Å². The zero-order valence-electron chi connectivity index (χ0n) is 17.0. The number of ketones is 1. The van der Waals surface area contributed by atoms with E-state index in [1.807, 2.05) is 0 Å². The van der Waals surface area contributed by atoms with Gasteiger partial charge in [-0.3, -0.25) is 4.79 Å². The lowest BCUT2D eigenvalue weighted by Gasteiger charge is -2.49. The molecule has 7 nitrogen and oxygen atoms in total. The molecule has 1 heterocycles. The normalized spacial score (nSPS) is 23.5. The number of likely N-dealkylation sites (N-methyl/N-ethyl adjacent to an activating group) is 1. The summed E-state index contributed by atoms with van der Waals surface area (Å²) < 4.78 is 10.4. The molecule has 3 atom stereocenters. The van der Waals surface area contributed by atoms with Crippen molar-refractivity contribution >= 4 is 29.1 Å². The number of nitrogens with zero attached hydrogens (tertiary/aromatic N) is 1. The lowest BCUT2D eigenvalue weighted by molar-refractivity contribution is -0.191. The Bertz CT molecular complexity index is 934. The molecule has 0 radical (unpaired) electrons. The summed E-state index contributed by atoms with van der Waals surface area (Å²) in [4.78, 5) is 27.7. The van der Waals surface area contributed by atoms with Gasteiger partial charge in [0.2, 0.25) is 0 Å². The average molecular weight is 429 g/mol. The third-order valence-electron chi connectivity index (χ3n) is 5.25. The summed E-state index contributed by atoms with van der Waals surface area (Å²) in [6, 6.07) is 14.8. The summed E-state index contributed by atoms with van der Waals surface area (Å²) in [6.07, 6.45) is 0. The third-order valence-corrected chi connectivity index (χ3v) is 5.65. The molecule has 1 aliphatic heterocycles. The molecule has 0 bridgehead atoms. The summed E-state index contributed by atoms with van der Waals surface area (Å²) in [7, 11) is 3.01. The van der Waals surface area contributed by atoms with Gasteiger partial charge >= 0.3 is 5.97 Å². The molecule has 2 N–H and O–H groups in total. The second kappa shape index (κ2) is 8.81. The van der Waals surface area contributed by atoms with Gasteiger partial charge in [-0.2, -0.15) is 0 Å². The van der Waals surface area contributed by atoms with Crippen LogP contribution < -0.4 is 10.1 Å². The summed E-state index contributed by atoms with van der Waals surface area (Å²) in [5.74, 6) is -1.91. The quantitative estimate of drug-likeness (QED) is 0.412. The first-order chi connectivity index (χ1) is 14.3. The second-order valence-corrected chi connectivity index (χ2v) is 7.30. The van der Waals surface area contributed by atoms with Gasteiger partial charge in [-0.25, -0.2) is 4.79 Å². The number of carbonyl (C=O) groups is 2. The summed E-state index contributed by atoms with van der Waals surface area (Å²) in [5, 5.41) is 14.8. The van der Waals surface area contributed by atoms with Gasteiger partial charge in [0.25, 0.3) is 5.72 Å². The molecule has 1 aliphatic rings. The SMILES string of the molecule is CCOC(=O)[C@]1(O)[C@H](C(=O)c2ccccc2)[C@@H](c2ccc(OC)cc2)NC(=S)N1C. The number of benzene rings is 2. The highest BCUT2D eigenvalue weighted by molar-refractivity contribution is 7.80. The van der Waals surface area contributed by atoms with Crippen LogP contribution in [0.25, 0.3) is 0 Å². The standard InChI is InChI=1S/C22H24N2O5S/c1-4-29-20(26)22(27)17(19(25)15-8-6-5-7-9-15)18(23-21(30)24(22)2)14-10-12-16(28-3)13-11-14/h5-13,17-18,27H,4H2,1-3H3,(H,23,30)/t17-,18+,22+/m0/s1. The van der Waals surface area contributed by atoms with Crippen molar-refractivity contribution in [2.75, 3.05) is 20.8 Å². The molecular weight excluding hydrogens is 404 g/mol. The molecule has 2 aromatic carbocycles. The largest absolute Gasteiger partial charge is 0.497 e. The maximum atomic E-state index is 13.6. The number of esters is 1. The Morgan fingerprint density at radius 2 is 1.80 bits per heavy atom. The van der Waals surface area contributed by atoms with E-state index in [-0.39, 0.29) is 11.7 Å². The van der Waals surface area contributed by atoms with Gasteiger partial charge in [-0.15, -0.1) is 0 Å². The van der Waals surface area contributed by atoms with Crippen LogP contribution in [-0.2, 0) is 9.53 Å². The Labute approximate surface area is 180 Å². The number of nitrogens with one attached hydrogen (secondary N) is 1. The lowest BCUT2D eigenvalue weighted by Crippen LogP contribution is -2.70. The number of thiocarbonyl (C=S) groups is 1. The first-order valence-electron chi connectivity index (χ1n) is 9.51. The summed E-state index contributed by atoms with van der Waals surface area (Å²) in [5.41, 5.74) is -1.24. The van der Waals surface area contributed by atoms with E-state index in [4.69, 9.17) is 21.7 Å². The molecule has 2 aromatic rings. The number of aliphatic hydroxyl groups is 1. The van der Waals surface area contributed by atoms with Crippen LogP contribution in [0.2, 0.25) is 0 Å². The average Bonchev–Trinajstić information content (AvgIpc) is 2.77. The molecular formula is C22H24N2O5S. The number of Topliss-reactive ketones (excluding diaryl/α,β-unsaturated/α-hetero) is 1. The van der Waals surface area contributed by atoms with Crippen LogP contribution in [0, 0.1) is 5.92 Å². The van der Waals surface area contributed by atoms with Crippen LogP contribution in [0.5, 0.6) is 5.75 Å². The van der Waals surface area contributed by atoms with E-state index in [1.165, 1.54) is 11.9 Å². The number of ether oxygens (including phenoxy) is 2. The van der Waals surface area contributed by atoms with Gasteiger partial charge in [0.15, 0.2) is 10.9 Å². The van der Waals surface area contributed by atoms with Gasteiger partial charge in [-0.05, 0) is 36.8 Å². The molecule has 0 aromatic heterocycles. The summed E-state index contributed by atoms with van der Waals surface area (Å²) in [6.45, 7) is 1.68. The Morgan fingerprint density at radius 1 is 1.17 bits per heavy atom. The molecule has 0 aliphatic carbocycles. The van der Waals surface area contributed by atoms with Crippen molar-refractivity contribution in [1.29, 1.82) is 0 Å². The summed E-state index contributed by atoms with van der Waals surface area (Å²) >= 11 is 5.37. The van der Waals surface area contributed by atoms with Crippen LogP contribution in [-0.4, -0.2) is 53.4 Å². The van der Waals surface area contributed by atoms with Gasteiger partial charge in [0.05, 0.1) is 19.8 Å². The van der Waals surface area contributed by atoms with Crippen molar-refractivity contribution in [3.63, 3.8) is 0 Å². The molecule has 8 heteroatoms. The smallest absolute Gasteiger partial charge is 0.360 e. The first kappa shape index (κ1) is 21.7. The minimum Gasteiger partial charge on any atom is -0.497 e. The molecule has 3 rings (SSSR count). The number of carbonyl (C=O) groups excluding carboxylic acids is 2. The highest BCUT2D eigenvalue weighted by Gasteiger charge is 2.59. The Morgan fingerprint density at radius 3 is 2.37 bits per heavy atom. The molecule has 30 heavy (non-hydrogen) atoms. The molecule has 0 spiro atoms. The maximum absolute atomic E-state index is 13.6. The zero-order valence-corrected chi connectivity index (χ0v) is 17.8. The van der Waals surface area contributed by atoms with Gasteiger partial charge < -0.3 is 24.8 Å². The number of rotatable bonds is 6. The van der Waals surface area contributed by atoms with Crippen molar-refractivity contribution in [1.82, 2.24) is 10.2 Å². The Kier molecular flexibility index (Phi) is 6.38. The van der Waals surface area contributed by atoms with Crippen LogP contribution >= 0.6 is 12.2 Å². The number of hydrogen-bond acceptors (Lipinski definition) is 6. The van der Waals surface area contributed by atoms with Crippen LogP contribution in [0.15, 0.2) is 54.6 Å². The fourth-order valence-electron chi connectivity index (χ4n) is 3.61. The van der Waals surface area contributed by atoms with E-state index in [0.717, 1.165) is 0 Å². The molecule has 1 fully saturated rings. The van der Waals surface area contributed by atoms with Crippen LogP contribution in [0.4, 0.5) is 0 Å². The fourth-order valence-corrected chi connectivity index (χ4v) is 3.88. The second-order valence-electron chi connectivity index (χ2n) is 6.91. The van der Waals surface area contributed by atoms with Crippen LogP contribution in [0.1, 0.15) is 28.9 Å². The molecule has 0 amide bonds. The molecule has 0 unspecified atom stereocenters. The molecule has 158 valence electrons. The minimum absolute atomic E-state index is 0.0502. The predicted molar refractivity (Wildman–Crippen MR) is 115 cm³/mol. The zero-order chi connectivity index (χ0) is 21.9.